The van der Waals surface area contributed by atoms with Crippen molar-refractivity contribution in [3.8, 4) is 32.0 Å². The van der Waals surface area contributed by atoms with Crippen LogP contribution in [0, 0.1) is 27.7 Å². The Morgan fingerprint density at radius 1 is 0.323 bits per heavy atom. The van der Waals surface area contributed by atoms with E-state index in [2.05, 4.69) is 317 Å². The second kappa shape index (κ2) is 23.4. The molecule has 18 rings (SSSR count). The monoisotopic (exact) mass is 1280 g/mol. The number of hydrogen-bond acceptors (Lipinski definition) is 8. The standard InChI is InChI=1S/C88H68N2O4S2/c1-55-19-33-65(34-20-55)87(66-35-21-56(2)22-36-66)75-51-63(31-45-73(75)83-77(87)53-81(95-83)89(79-17-9-13-59-11-5-7-15-71(59)79)69-41-27-61(28-42-69)85-91-47-48-92-85)64-32-46-74-76(52-64)88(67-37-23-57(3)24-38-67,68-39-25-58(4)26-40-68)78-54-82(96-84(74)78)90(80-18-10-14-60-12-6-8-16-72(60)80)70-43-29-62(30-44-70)86-93-49-50-94-86/h5-46,51-54,85-86H,47-50H2,1-4H3. The molecular weight excluding hydrogens is 1210 g/mol. The number of anilines is 6. The summed E-state index contributed by atoms with van der Waals surface area (Å²) in [7, 11) is 0. The average molecular weight is 1280 g/mol. The van der Waals surface area contributed by atoms with Crippen LogP contribution in [0.3, 0.4) is 0 Å². The van der Waals surface area contributed by atoms with Crippen molar-refractivity contribution in [2.45, 2.75) is 51.1 Å². The summed E-state index contributed by atoms with van der Waals surface area (Å²) in [6.07, 6.45) is -0.738. The molecule has 466 valence electrons. The van der Waals surface area contributed by atoms with E-state index in [-0.39, 0.29) is 12.6 Å². The molecule has 2 saturated heterocycles. The third-order valence-corrected chi connectivity index (χ3v) is 22.7. The molecule has 0 saturated carbocycles. The molecule has 2 fully saturated rings. The van der Waals surface area contributed by atoms with E-state index >= 15 is 0 Å². The predicted molar refractivity (Wildman–Crippen MR) is 395 cm³/mol. The SMILES string of the molecule is Cc1ccc(C2(c3ccc(C)cc3)c3cc(-c4ccc5c(c4)C(c4ccc(C)cc4)(c4ccc(C)cc4)c4cc(N(c6ccc(C7OCCO7)cc6)c6cccc7ccccc67)sc4-5)ccc3-c3sc(N(c4ccc(C5OCCO5)cc4)c4cccc5ccccc45)cc32)cc1. The fraction of sp³-hybridized carbons (Fsp3) is 0.136. The normalized spacial score (nSPS) is 15.2. The van der Waals surface area contributed by atoms with Crippen LogP contribution in [-0.2, 0) is 29.8 Å². The summed E-state index contributed by atoms with van der Waals surface area (Å²) in [6, 6.07) is 105. The minimum absolute atomic E-state index is 0.369. The highest BCUT2D eigenvalue weighted by Gasteiger charge is 2.50. The highest BCUT2D eigenvalue weighted by Crippen LogP contribution is 2.64. The van der Waals surface area contributed by atoms with E-state index < -0.39 is 10.8 Å². The van der Waals surface area contributed by atoms with Crippen molar-refractivity contribution in [2.24, 2.45) is 0 Å². The lowest BCUT2D eigenvalue weighted by Gasteiger charge is -2.35. The molecule has 4 heterocycles. The van der Waals surface area contributed by atoms with Crippen LogP contribution in [0.4, 0.5) is 32.8 Å². The first-order valence-corrected chi connectivity index (χ1v) is 34.9. The third kappa shape index (κ3) is 9.41. The van der Waals surface area contributed by atoms with Crippen LogP contribution in [0.15, 0.2) is 279 Å². The van der Waals surface area contributed by atoms with Gasteiger partial charge in [0.1, 0.15) is 10.0 Å². The van der Waals surface area contributed by atoms with Gasteiger partial charge in [0.05, 0.1) is 48.6 Å². The van der Waals surface area contributed by atoms with Gasteiger partial charge in [0.25, 0.3) is 0 Å². The number of hydrogen-bond donors (Lipinski definition) is 0. The summed E-state index contributed by atoms with van der Waals surface area (Å²) in [5.74, 6) is 0. The number of aryl methyl sites for hydroxylation is 4. The van der Waals surface area contributed by atoms with Crippen molar-refractivity contribution < 1.29 is 18.9 Å². The topological polar surface area (TPSA) is 43.4 Å². The molecule has 0 unspecified atom stereocenters. The molecule has 6 nitrogen and oxygen atoms in total. The highest BCUT2D eigenvalue weighted by atomic mass is 32.1. The van der Waals surface area contributed by atoms with Gasteiger partial charge >= 0.3 is 0 Å². The van der Waals surface area contributed by atoms with Crippen molar-refractivity contribution in [3.63, 3.8) is 0 Å². The average Bonchev–Trinajstić information content (AvgIpc) is 1.53. The zero-order chi connectivity index (χ0) is 64.2. The van der Waals surface area contributed by atoms with E-state index in [1.165, 1.54) is 120 Å². The van der Waals surface area contributed by atoms with Gasteiger partial charge in [-0.25, -0.2) is 0 Å². The Morgan fingerprint density at radius 3 is 1.01 bits per heavy atom. The Balaban J connectivity index is 0.843. The molecule has 0 radical (unpaired) electrons. The minimum atomic E-state index is -0.693. The molecule has 14 aromatic rings. The van der Waals surface area contributed by atoms with Crippen LogP contribution in [0.25, 0.3) is 53.6 Å². The van der Waals surface area contributed by atoms with Crippen LogP contribution in [-0.4, -0.2) is 26.4 Å². The Hall–Kier alpha value is -10.0. The molecular formula is C88H68N2O4S2. The molecule has 2 aliphatic carbocycles. The van der Waals surface area contributed by atoms with E-state index in [9.17, 15) is 0 Å². The highest BCUT2D eigenvalue weighted by molar-refractivity contribution is 7.20. The zero-order valence-corrected chi connectivity index (χ0v) is 55.5. The van der Waals surface area contributed by atoms with Crippen molar-refractivity contribution in [2.75, 3.05) is 36.2 Å². The Morgan fingerprint density at radius 2 is 0.656 bits per heavy atom. The Labute approximate surface area is 568 Å². The number of fused-ring (bicyclic) bond motifs is 8. The van der Waals surface area contributed by atoms with Gasteiger partial charge in [0.15, 0.2) is 12.6 Å². The molecule has 0 N–H and O–H groups in total. The zero-order valence-electron chi connectivity index (χ0n) is 53.9. The number of ether oxygens (including phenoxy) is 4. The molecule has 8 heteroatoms. The molecule has 12 aromatic carbocycles. The molecule has 0 atom stereocenters. The third-order valence-electron chi connectivity index (χ3n) is 20.4. The van der Waals surface area contributed by atoms with Gasteiger partial charge in [-0.3, -0.25) is 0 Å². The number of thiophene rings is 2. The number of benzene rings is 12. The lowest BCUT2D eigenvalue weighted by molar-refractivity contribution is -0.0443. The van der Waals surface area contributed by atoms with Crippen LogP contribution < -0.4 is 9.80 Å². The largest absolute Gasteiger partial charge is 0.346 e. The second-order valence-electron chi connectivity index (χ2n) is 26.1. The summed E-state index contributed by atoms with van der Waals surface area (Å²) in [4.78, 5) is 7.46. The molecule has 0 spiro atoms. The van der Waals surface area contributed by atoms with Gasteiger partial charge in [-0.1, -0.05) is 241 Å². The summed E-state index contributed by atoms with van der Waals surface area (Å²) in [6.45, 7) is 11.1. The van der Waals surface area contributed by atoms with E-state index in [1.807, 2.05) is 22.7 Å². The minimum Gasteiger partial charge on any atom is -0.346 e. The first-order valence-electron chi connectivity index (χ1n) is 33.3. The van der Waals surface area contributed by atoms with E-state index in [1.54, 1.807) is 0 Å². The van der Waals surface area contributed by atoms with Crippen molar-refractivity contribution in [1.82, 2.24) is 0 Å². The summed E-state index contributed by atoms with van der Waals surface area (Å²) in [5.41, 5.74) is 24.7. The fourth-order valence-electron chi connectivity index (χ4n) is 15.7. The van der Waals surface area contributed by atoms with Gasteiger partial charge in [-0.15, -0.1) is 22.7 Å². The maximum Gasteiger partial charge on any atom is 0.184 e. The molecule has 0 bridgehead atoms. The van der Waals surface area contributed by atoms with Crippen molar-refractivity contribution >= 4 is 77.0 Å². The summed E-state index contributed by atoms with van der Waals surface area (Å²) < 4.78 is 24.0. The van der Waals surface area contributed by atoms with Crippen molar-refractivity contribution in [3.05, 3.63) is 357 Å². The van der Waals surface area contributed by atoms with Crippen LogP contribution in [0.1, 0.15) is 90.5 Å². The predicted octanol–water partition coefficient (Wildman–Crippen LogP) is 22.8. The first-order chi connectivity index (χ1) is 47.2. The number of nitrogens with zero attached hydrogens (tertiary/aromatic N) is 2. The quantitative estimate of drug-likeness (QED) is 0.115. The van der Waals surface area contributed by atoms with Gasteiger partial charge < -0.3 is 28.7 Å². The van der Waals surface area contributed by atoms with E-state index in [0.29, 0.717) is 26.4 Å². The van der Waals surface area contributed by atoms with Crippen LogP contribution >= 0.6 is 22.7 Å². The van der Waals surface area contributed by atoms with Gasteiger partial charge in [-0.05, 0) is 166 Å². The molecule has 4 aliphatic rings. The van der Waals surface area contributed by atoms with Crippen LogP contribution in [0.5, 0.6) is 0 Å². The maximum atomic E-state index is 6.00. The first kappa shape index (κ1) is 58.6. The van der Waals surface area contributed by atoms with Crippen LogP contribution in [0.2, 0.25) is 0 Å². The fourth-order valence-corrected chi connectivity index (χ4v) is 18.3. The Kier molecular flexibility index (Phi) is 14.3. The molecule has 2 aliphatic heterocycles. The molecule has 96 heavy (non-hydrogen) atoms. The summed E-state index contributed by atoms with van der Waals surface area (Å²) in [5, 5.41) is 7.01. The number of rotatable bonds is 13. The van der Waals surface area contributed by atoms with Gasteiger partial charge in [0.2, 0.25) is 0 Å². The summed E-state index contributed by atoms with van der Waals surface area (Å²) >= 11 is 3.76. The van der Waals surface area contributed by atoms with E-state index in [0.717, 1.165) is 43.9 Å². The molecule has 0 amide bonds. The molecule has 2 aromatic heterocycles. The van der Waals surface area contributed by atoms with Gasteiger partial charge in [0, 0.05) is 43.0 Å². The smallest absolute Gasteiger partial charge is 0.184 e. The lowest BCUT2D eigenvalue weighted by Crippen LogP contribution is -2.29. The van der Waals surface area contributed by atoms with Crippen molar-refractivity contribution in [1.29, 1.82) is 0 Å². The maximum absolute atomic E-state index is 6.00. The van der Waals surface area contributed by atoms with E-state index in [4.69, 9.17) is 18.9 Å². The second-order valence-corrected chi connectivity index (χ2v) is 28.2. The van der Waals surface area contributed by atoms with Gasteiger partial charge in [-0.2, -0.15) is 0 Å². The lowest BCUT2D eigenvalue weighted by atomic mass is 9.67. The Bertz CT molecular complexity index is 4860.